The molecule has 0 spiro atoms. The van der Waals surface area contributed by atoms with E-state index in [4.69, 9.17) is 18.9 Å². The SMILES string of the molecule is CCOC(=O)c1c(-c2cccc(Oc3ccccc3)c2)c(C)n2c1-c1cc(OC)c(OC)cc1CC2. The molecule has 0 bridgehead atoms. The number of rotatable bonds is 7. The van der Waals surface area contributed by atoms with E-state index in [0.717, 1.165) is 52.4 Å². The molecule has 1 aliphatic rings. The highest BCUT2D eigenvalue weighted by Gasteiger charge is 2.32. The maximum atomic E-state index is 13.5. The Balaban J connectivity index is 1.70. The molecular weight excluding hydrogens is 454 g/mol. The molecule has 2 heterocycles. The van der Waals surface area contributed by atoms with Gasteiger partial charge in [0.05, 0.1) is 32.1 Å². The highest BCUT2D eigenvalue weighted by Crippen LogP contribution is 2.45. The number of esters is 1. The summed E-state index contributed by atoms with van der Waals surface area (Å²) in [5, 5.41) is 0. The lowest BCUT2D eigenvalue weighted by atomic mass is 9.93. The Hall–Kier alpha value is -4.19. The van der Waals surface area contributed by atoms with Crippen LogP contribution in [0.2, 0.25) is 0 Å². The Morgan fingerprint density at radius 3 is 2.36 bits per heavy atom. The van der Waals surface area contributed by atoms with Gasteiger partial charge in [-0.15, -0.1) is 0 Å². The van der Waals surface area contributed by atoms with E-state index in [1.165, 1.54) is 0 Å². The lowest BCUT2D eigenvalue weighted by Crippen LogP contribution is -2.15. The topological polar surface area (TPSA) is 58.9 Å². The van der Waals surface area contributed by atoms with Crippen LogP contribution in [0.25, 0.3) is 22.4 Å². The van der Waals surface area contributed by atoms with Crippen molar-refractivity contribution in [3.63, 3.8) is 0 Å². The number of nitrogens with zero attached hydrogens (tertiary/aromatic N) is 1. The Kier molecular flexibility index (Phi) is 6.42. The van der Waals surface area contributed by atoms with E-state index >= 15 is 0 Å². The summed E-state index contributed by atoms with van der Waals surface area (Å²) in [6.07, 6.45) is 0.817. The monoisotopic (exact) mass is 483 g/mol. The summed E-state index contributed by atoms with van der Waals surface area (Å²) >= 11 is 0. The second-order valence-electron chi connectivity index (χ2n) is 8.61. The molecule has 36 heavy (non-hydrogen) atoms. The van der Waals surface area contributed by atoms with Gasteiger partial charge in [0, 0.05) is 23.4 Å². The average molecular weight is 484 g/mol. The second kappa shape index (κ2) is 9.82. The molecule has 5 rings (SSSR count). The minimum absolute atomic E-state index is 0.290. The molecule has 184 valence electrons. The van der Waals surface area contributed by atoms with Crippen LogP contribution in [-0.2, 0) is 17.7 Å². The zero-order valence-electron chi connectivity index (χ0n) is 21.0. The summed E-state index contributed by atoms with van der Waals surface area (Å²) in [6.45, 7) is 4.91. The number of aromatic nitrogens is 1. The van der Waals surface area contributed by atoms with Crippen molar-refractivity contribution in [3.8, 4) is 45.4 Å². The Bertz CT molecular complexity index is 1420. The first-order valence-corrected chi connectivity index (χ1v) is 12.0. The summed E-state index contributed by atoms with van der Waals surface area (Å²) in [5.74, 6) is 2.41. The van der Waals surface area contributed by atoms with Crippen LogP contribution >= 0.6 is 0 Å². The van der Waals surface area contributed by atoms with Crippen LogP contribution in [0.3, 0.4) is 0 Å². The average Bonchev–Trinajstić information content (AvgIpc) is 3.21. The van der Waals surface area contributed by atoms with E-state index < -0.39 is 0 Å². The van der Waals surface area contributed by atoms with Gasteiger partial charge in [0.1, 0.15) is 11.5 Å². The third-order valence-electron chi connectivity index (χ3n) is 6.57. The van der Waals surface area contributed by atoms with Crippen molar-refractivity contribution in [1.82, 2.24) is 4.57 Å². The van der Waals surface area contributed by atoms with Gasteiger partial charge in [-0.2, -0.15) is 0 Å². The molecule has 6 nitrogen and oxygen atoms in total. The molecule has 0 atom stereocenters. The predicted octanol–water partition coefficient (Wildman–Crippen LogP) is 6.67. The van der Waals surface area contributed by atoms with Crippen LogP contribution in [0.15, 0.2) is 66.7 Å². The molecular formula is C30H29NO5. The summed E-state index contributed by atoms with van der Waals surface area (Å²) < 4.78 is 25.0. The number of hydrogen-bond acceptors (Lipinski definition) is 5. The zero-order chi connectivity index (χ0) is 25.2. The molecule has 0 fully saturated rings. The lowest BCUT2D eigenvalue weighted by Gasteiger charge is -2.23. The van der Waals surface area contributed by atoms with E-state index in [1.54, 1.807) is 14.2 Å². The second-order valence-corrected chi connectivity index (χ2v) is 8.61. The van der Waals surface area contributed by atoms with E-state index in [9.17, 15) is 4.79 Å². The van der Waals surface area contributed by atoms with Crippen molar-refractivity contribution in [3.05, 3.63) is 83.6 Å². The van der Waals surface area contributed by atoms with Crippen molar-refractivity contribution in [2.75, 3.05) is 20.8 Å². The van der Waals surface area contributed by atoms with Gasteiger partial charge >= 0.3 is 5.97 Å². The third kappa shape index (κ3) is 4.09. The van der Waals surface area contributed by atoms with Crippen LogP contribution in [0.5, 0.6) is 23.0 Å². The molecule has 0 amide bonds. The van der Waals surface area contributed by atoms with Gasteiger partial charge in [0.2, 0.25) is 0 Å². The van der Waals surface area contributed by atoms with Gasteiger partial charge in [0.25, 0.3) is 0 Å². The first-order valence-electron chi connectivity index (χ1n) is 12.0. The molecule has 4 aromatic rings. The third-order valence-corrected chi connectivity index (χ3v) is 6.57. The van der Waals surface area contributed by atoms with Crippen LogP contribution in [0.4, 0.5) is 0 Å². The van der Waals surface area contributed by atoms with Gasteiger partial charge in [0.15, 0.2) is 11.5 Å². The minimum Gasteiger partial charge on any atom is -0.493 e. The van der Waals surface area contributed by atoms with Gasteiger partial charge in [-0.25, -0.2) is 4.79 Å². The number of carbonyl (C=O) groups excluding carboxylic acids is 1. The van der Waals surface area contributed by atoms with Crippen molar-refractivity contribution >= 4 is 5.97 Å². The summed E-state index contributed by atoms with van der Waals surface area (Å²) in [6, 6.07) is 21.4. The van der Waals surface area contributed by atoms with Crippen molar-refractivity contribution < 1.29 is 23.7 Å². The number of fused-ring (bicyclic) bond motifs is 3. The maximum Gasteiger partial charge on any atom is 0.340 e. The summed E-state index contributed by atoms with van der Waals surface area (Å²) in [4.78, 5) is 13.5. The summed E-state index contributed by atoms with van der Waals surface area (Å²) in [7, 11) is 3.25. The quantitative estimate of drug-likeness (QED) is 0.275. The number of ether oxygens (including phenoxy) is 4. The van der Waals surface area contributed by atoms with Crippen molar-refractivity contribution in [2.45, 2.75) is 26.8 Å². The molecule has 0 radical (unpaired) electrons. The molecule has 0 saturated heterocycles. The minimum atomic E-state index is -0.346. The Morgan fingerprint density at radius 2 is 1.64 bits per heavy atom. The fourth-order valence-electron chi connectivity index (χ4n) is 4.97. The standard InChI is InChI=1S/C30H29NO5/c1-5-35-30(32)28-27(21-10-9-13-23(16-21)36-22-11-7-6-8-12-22)19(2)31-15-14-20-17-25(33-3)26(34-4)18-24(20)29(28)31/h6-13,16-18H,5,14-15H2,1-4H3. The largest absolute Gasteiger partial charge is 0.493 e. The van der Waals surface area contributed by atoms with Crippen molar-refractivity contribution in [2.24, 2.45) is 0 Å². The number of para-hydroxylation sites is 1. The van der Waals surface area contributed by atoms with Crippen LogP contribution in [0, 0.1) is 6.92 Å². The molecule has 3 aromatic carbocycles. The van der Waals surface area contributed by atoms with Gasteiger partial charge in [-0.1, -0.05) is 30.3 Å². The smallest absolute Gasteiger partial charge is 0.340 e. The molecule has 0 saturated carbocycles. The van der Waals surface area contributed by atoms with Gasteiger partial charge in [-0.3, -0.25) is 0 Å². The molecule has 0 aliphatic carbocycles. The van der Waals surface area contributed by atoms with Crippen LogP contribution in [-0.4, -0.2) is 31.4 Å². The lowest BCUT2D eigenvalue weighted by molar-refractivity contribution is 0.0528. The zero-order valence-corrected chi connectivity index (χ0v) is 21.0. The highest BCUT2D eigenvalue weighted by molar-refractivity contribution is 6.05. The molecule has 0 unspecified atom stereocenters. The Morgan fingerprint density at radius 1 is 0.917 bits per heavy atom. The highest BCUT2D eigenvalue weighted by atomic mass is 16.5. The molecule has 0 N–H and O–H groups in total. The molecule has 1 aliphatic heterocycles. The van der Waals surface area contributed by atoms with E-state index in [1.807, 2.05) is 73.7 Å². The normalized spacial score (nSPS) is 11.9. The van der Waals surface area contributed by atoms with Gasteiger partial charge in [-0.05, 0) is 67.8 Å². The Labute approximate surface area is 211 Å². The van der Waals surface area contributed by atoms with Crippen LogP contribution in [0.1, 0.15) is 28.5 Å². The number of hydrogen-bond donors (Lipinski definition) is 0. The van der Waals surface area contributed by atoms with E-state index in [-0.39, 0.29) is 12.6 Å². The molecule has 1 aromatic heterocycles. The first-order chi connectivity index (χ1) is 17.5. The maximum absolute atomic E-state index is 13.5. The number of benzene rings is 3. The molecule has 6 heteroatoms. The predicted molar refractivity (Wildman–Crippen MR) is 139 cm³/mol. The van der Waals surface area contributed by atoms with Crippen molar-refractivity contribution in [1.29, 1.82) is 0 Å². The number of methoxy groups -OCH3 is 2. The van der Waals surface area contributed by atoms with E-state index in [0.29, 0.717) is 22.8 Å². The number of aryl methyl sites for hydroxylation is 1. The fourth-order valence-corrected chi connectivity index (χ4v) is 4.97. The van der Waals surface area contributed by atoms with Crippen LogP contribution < -0.4 is 14.2 Å². The fraction of sp³-hybridized carbons (Fsp3) is 0.233. The first kappa shape index (κ1) is 23.5. The number of carbonyl (C=O) groups is 1. The summed E-state index contributed by atoms with van der Waals surface area (Å²) in [5.41, 5.74) is 6.21. The van der Waals surface area contributed by atoms with Gasteiger partial charge < -0.3 is 23.5 Å². The van der Waals surface area contributed by atoms with E-state index in [2.05, 4.69) is 11.5 Å².